The Morgan fingerprint density at radius 3 is 2.83 bits per heavy atom. The van der Waals surface area contributed by atoms with Gasteiger partial charge in [0.15, 0.2) is 6.17 Å². The summed E-state index contributed by atoms with van der Waals surface area (Å²) in [6.07, 6.45) is 4.59. The molecule has 1 heterocycles. The van der Waals surface area contributed by atoms with Crippen LogP contribution in [0.3, 0.4) is 0 Å². The lowest BCUT2D eigenvalue weighted by atomic mass is 10.1. The Balaban J connectivity index is 2.00. The van der Waals surface area contributed by atoms with Gasteiger partial charge in [0.25, 0.3) is 0 Å². The number of nitrogens with one attached hydrogen (secondary N) is 2. The van der Waals surface area contributed by atoms with E-state index in [1.807, 2.05) is 24.3 Å². The van der Waals surface area contributed by atoms with Crippen molar-refractivity contribution >= 4 is 43.9 Å². The van der Waals surface area contributed by atoms with E-state index in [-0.39, 0.29) is 5.82 Å². The molecule has 1 aliphatic heterocycles. The molecule has 3 rings (SSSR count). The van der Waals surface area contributed by atoms with Gasteiger partial charge in [0.1, 0.15) is 11.7 Å². The second-order valence-electron chi connectivity index (χ2n) is 6.47. The number of amidine groups is 1. The maximum Gasteiger partial charge on any atom is 0.163 e. The fraction of sp³-hybridized carbons (Fsp3) is 0.0909. The van der Waals surface area contributed by atoms with Crippen LogP contribution in [0.4, 0.5) is 4.39 Å². The summed E-state index contributed by atoms with van der Waals surface area (Å²) in [6.45, 7) is 9.86. The minimum Gasteiger partial charge on any atom is -0.340 e. The lowest BCUT2D eigenvalue weighted by molar-refractivity contribution is 0.584. The minimum absolute atomic E-state index is 0.297. The summed E-state index contributed by atoms with van der Waals surface area (Å²) in [4.78, 5) is 4.73. The van der Waals surface area contributed by atoms with Crippen LogP contribution in [0.2, 0.25) is 5.02 Å². The molecule has 29 heavy (non-hydrogen) atoms. The molecule has 0 saturated heterocycles. The van der Waals surface area contributed by atoms with Crippen LogP contribution in [0, 0.1) is 12.7 Å². The Labute approximate surface area is 177 Å². The molecular formula is C22H21ClFN4P. The predicted octanol–water partition coefficient (Wildman–Crippen LogP) is 4.65. The monoisotopic (exact) mass is 426 g/mol. The number of hydrogen-bond donors (Lipinski definition) is 2. The van der Waals surface area contributed by atoms with E-state index in [2.05, 4.69) is 38.2 Å². The lowest BCUT2D eigenvalue weighted by Crippen LogP contribution is -2.26. The molecule has 148 valence electrons. The van der Waals surface area contributed by atoms with Crippen LogP contribution in [0.1, 0.15) is 22.9 Å². The first-order valence-corrected chi connectivity index (χ1v) is 9.81. The fourth-order valence-corrected chi connectivity index (χ4v) is 3.36. The molecule has 0 aromatic heterocycles. The van der Waals surface area contributed by atoms with Gasteiger partial charge in [-0.05, 0) is 42.1 Å². The summed E-state index contributed by atoms with van der Waals surface area (Å²) in [5, 5.41) is 8.64. The van der Waals surface area contributed by atoms with Crippen molar-refractivity contribution in [2.24, 2.45) is 10.1 Å². The molecule has 0 radical (unpaired) electrons. The number of benzene rings is 2. The third-order valence-corrected chi connectivity index (χ3v) is 5.06. The van der Waals surface area contributed by atoms with Gasteiger partial charge in [-0.15, -0.1) is 9.24 Å². The molecule has 0 spiro atoms. The van der Waals surface area contributed by atoms with E-state index < -0.39 is 6.17 Å². The van der Waals surface area contributed by atoms with Gasteiger partial charge in [0, 0.05) is 33.6 Å². The first kappa shape index (κ1) is 21.0. The Hall–Kier alpha value is -2.75. The van der Waals surface area contributed by atoms with E-state index in [0.717, 1.165) is 10.9 Å². The summed E-state index contributed by atoms with van der Waals surface area (Å²) in [5.41, 5.74) is 6.05. The zero-order valence-electron chi connectivity index (χ0n) is 15.9. The second kappa shape index (κ2) is 9.17. The smallest absolute Gasteiger partial charge is 0.163 e. The summed E-state index contributed by atoms with van der Waals surface area (Å²) >= 11 is 6.35. The molecule has 2 unspecified atom stereocenters. The van der Waals surface area contributed by atoms with Crippen molar-refractivity contribution in [2.45, 2.75) is 13.1 Å². The van der Waals surface area contributed by atoms with Crippen molar-refractivity contribution in [2.75, 3.05) is 0 Å². The van der Waals surface area contributed by atoms with Crippen LogP contribution in [-0.4, -0.2) is 12.1 Å². The van der Waals surface area contributed by atoms with Crippen LogP contribution >= 0.6 is 20.8 Å². The normalized spacial score (nSPS) is 20.3. The van der Waals surface area contributed by atoms with E-state index >= 15 is 0 Å². The number of hydrazone groups is 1. The lowest BCUT2D eigenvalue weighted by Gasteiger charge is -2.19. The number of hydrogen-bond acceptors (Lipinski definition) is 4. The molecule has 0 fully saturated rings. The van der Waals surface area contributed by atoms with Crippen molar-refractivity contribution < 1.29 is 4.39 Å². The number of nitrogens with zero attached hydrogens (tertiary/aromatic N) is 2. The Morgan fingerprint density at radius 2 is 2.07 bits per heavy atom. The molecule has 0 aliphatic carbocycles. The highest BCUT2D eigenvalue weighted by atomic mass is 35.5. The molecule has 0 amide bonds. The number of rotatable bonds is 3. The summed E-state index contributed by atoms with van der Waals surface area (Å²) < 4.78 is 14.2. The summed E-state index contributed by atoms with van der Waals surface area (Å²) in [7, 11) is 2.50. The highest BCUT2D eigenvalue weighted by Crippen LogP contribution is 2.25. The van der Waals surface area contributed by atoms with E-state index in [9.17, 15) is 4.39 Å². The molecule has 2 aromatic carbocycles. The maximum absolute atomic E-state index is 14.2. The molecule has 2 atom stereocenters. The molecule has 2 aromatic rings. The maximum atomic E-state index is 14.2. The average Bonchev–Trinajstić information content (AvgIpc) is 2.76. The van der Waals surface area contributed by atoms with Crippen molar-refractivity contribution in [3.8, 4) is 0 Å². The number of aliphatic imine (C=N–C) groups is 1. The van der Waals surface area contributed by atoms with Crippen LogP contribution in [0.25, 0.3) is 5.70 Å². The highest BCUT2D eigenvalue weighted by molar-refractivity contribution is 7.27. The van der Waals surface area contributed by atoms with Gasteiger partial charge in [-0.1, -0.05) is 49.0 Å². The molecule has 2 N–H and O–H groups in total. The van der Waals surface area contributed by atoms with Crippen molar-refractivity contribution in [1.29, 1.82) is 0 Å². The zero-order chi connectivity index (χ0) is 21.0. The van der Waals surface area contributed by atoms with Gasteiger partial charge < -0.3 is 5.32 Å². The van der Waals surface area contributed by atoms with E-state index in [0.29, 0.717) is 33.3 Å². The van der Waals surface area contributed by atoms with Gasteiger partial charge in [-0.25, -0.2) is 9.38 Å². The Morgan fingerprint density at radius 1 is 1.31 bits per heavy atom. The van der Waals surface area contributed by atoms with Crippen molar-refractivity contribution in [3.05, 3.63) is 94.8 Å². The van der Waals surface area contributed by atoms with Crippen molar-refractivity contribution in [1.82, 2.24) is 10.7 Å². The number of halogens is 2. The van der Waals surface area contributed by atoms with Crippen LogP contribution < -0.4 is 16.0 Å². The third-order valence-electron chi connectivity index (χ3n) is 4.38. The molecular weight excluding hydrogens is 406 g/mol. The zero-order valence-corrected chi connectivity index (χ0v) is 17.8. The SMILES string of the molecule is C=C1/C=C\C=N/NC(c2ccccc2Cl)/N=C\1NC(=C)c1cc(P)cc(F)c1C. The largest absolute Gasteiger partial charge is 0.340 e. The molecule has 1 aliphatic rings. The van der Waals surface area contributed by atoms with Gasteiger partial charge in [0.05, 0.1) is 0 Å². The molecule has 4 nitrogen and oxygen atoms in total. The molecule has 0 bridgehead atoms. The fourth-order valence-electron chi connectivity index (χ4n) is 2.81. The standard InChI is InChI=1S/C22H21ClFN4P/c1-13-7-6-10-25-28-22(17-8-4-5-9-19(17)23)27-21(13)26-15(3)18-11-16(29)12-20(24)14(18)2/h4-12,22,28H,1,3,29H2,2H3,(H,26,27)/b7-6-,25-10-. The first-order chi connectivity index (χ1) is 13.9. The third kappa shape index (κ3) is 5.00. The van der Waals surface area contributed by atoms with E-state index in [1.54, 1.807) is 31.4 Å². The highest BCUT2D eigenvalue weighted by Gasteiger charge is 2.17. The summed E-state index contributed by atoms with van der Waals surface area (Å²) in [5.74, 6) is 0.178. The predicted molar refractivity (Wildman–Crippen MR) is 124 cm³/mol. The molecule has 0 saturated carbocycles. The van der Waals surface area contributed by atoms with E-state index in [1.165, 1.54) is 6.07 Å². The van der Waals surface area contributed by atoms with Crippen LogP contribution in [-0.2, 0) is 0 Å². The van der Waals surface area contributed by atoms with Gasteiger partial charge in [-0.3, -0.25) is 5.43 Å². The first-order valence-electron chi connectivity index (χ1n) is 8.85. The second-order valence-corrected chi connectivity index (χ2v) is 7.55. The minimum atomic E-state index is -0.544. The van der Waals surface area contributed by atoms with E-state index in [4.69, 9.17) is 16.6 Å². The van der Waals surface area contributed by atoms with Crippen LogP contribution in [0.15, 0.2) is 77.4 Å². The Bertz CT molecular complexity index is 1060. The quantitative estimate of drug-likeness (QED) is 0.702. The number of allylic oxidation sites excluding steroid dienone is 1. The van der Waals surface area contributed by atoms with Gasteiger partial charge in [0.2, 0.25) is 0 Å². The van der Waals surface area contributed by atoms with Gasteiger partial charge >= 0.3 is 0 Å². The van der Waals surface area contributed by atoms with Crippen molar-refractivity contribution in [3.63, 3.8) is 0 Å². The topological polar surface area (TPSA) is 48.8 Å². The summed E-state index contributed by atoms with van der Waals surface area (Å²) in [6, 6.07) is 10.7. The van der Waals surface area contributed by atoms with Crippen LogP contribution in [0.5, 0.6) is 0 Å². The Kier molecular flexibility index (Phi) is 6.63. The average molecular weight is 427 g/mol. The van der Waals surface area contributed by atoms with Gasteiger partial charge in [-0.2, -0.15) is 5.10 Å². The molecule has 7 heteroatoms.